The number of hydrogen-bond acceptors (Lipinski definition) is 6. The van der Waals surface area contributed by atoms with Crippen LogP contribution in [0.15, 0.2) is 29.9 Å². The second kappa shape index (κ2) is 6.25. The molecule has 0 saturated heterocycles. The molecule has 0 aromatic carbocycles. The highest BCUT2D eigenvalue weighted by Crippen LogP contribution is 2.39. The number of anilines is 1. The molecule has 3 aromatic rings. The minimum absolute atomic E-state index is 0.161. The second-order valence-corrected chi connectivity index (χ2v) is 7.10. The van der Waals surface area contributed by atoms with Crippen molar-refractivity contribution in [2.45, 2.75) is 25.2 Å². The number of thiophene rings is 1. The fraction of sp³-hybridized carbons (Fsp3) is 0.438. The Morgan fingerprint density at radius 2 is 2.35 bits per heavy atom. The summed E-state index contributed by atoms with van der Waals surface area (Å²) in [7, 11) is 0. The molecule has 23 heavy (non-hydrogen) atoms. The molecule has 120 valence electrons. The van der Waals surface area contributed by atoms with Crippen molar-refractivity contribution in [3.8, 4) is 0 Å². The summed E-state index contributed by atoms with van der Waals surface area (Å²) in [5.74, 6) is 0.747. The smallest absolute Gasteiger partial charge is 0.200 e. The number of aliphatic hydroxyl groups excluding tert-OH is 1. The number of fused-ring (bicyclic) bond motifs is 1. The average Bonchev–Trinajstić information content (AvgIpc) is 3.09. The monoisotopic (exact) mass is 329 g/mol. The van der Waals surface area contributed by atoms with Crippen LogP contribution in [0.1, 0.15) is 29.3 Å². The summed E-state index contributed by atoms with van der Waals surface area (Å²) in [4.78, 5) is 1.30. The fourth-order valence-corrected chi connectivity index (χ4v) is 3.54. The van der Waals surface area contributed by atoms with Crippen LogP contribution >= 0.6 is 11.3 Å². The van der Waals surface area contributed by atoms with Gasteiger partial charge in [0, 0.05) is 29.9 Å². The zero-order valence-corrected chi connectivity index (χ0v) is 13.5. The van der Waals surface area contributed by atoms with Gasteiger partial charge in [0.15, 0.2) is 0 Å². The van der Waals surface area contributed by atoms with Gasteiger partial charge in [-0.1, -0.05) is 6.07 Å². The lowest BCUT2D eigenvalue weighted by molar-refractivity contribution is 0.233. The van der Waals surface area contributed by atoms with Crippen LogP contribution in [0.5, 0.6) is 0 Å². The highest BCUT2D eigenvalue weighted by molar-refractivity contribution is 7.09. The van der Waals surface area contributed by atoms with Crippen molar-refractivity contribution in [3.63, 3.8) is 0 Å². The molecule has 2 N–H and O–H groups in total. The van der Waals surface area contributed by atoms with E-state index in [1.54, 1.807) is 22.2 Å². The van der Waals surface area contributed by atoms with E-state index in [0.29, 0.717) is 12.5 Å². The molecule has 1 unspecified atom stereocenters. The van der Waals surface area contributed by atoms with Crippen LogP contribution in [0.25, 0.3) is 5.65 Å². The van der Waals surface area contributed by atoms with E-state index in [9.17, 15) is 5.11 Å². The van der Waals surface area contributed by atoms with E-state index in [4.69, 9.17) is 0 Å². The third-order valence-electron chi connectivity index (χ3n) is 4.19. The molecule has 3 aromatic heterocycles. The Morgan fingerprint density at radius 1 is 1.43 bits per heavy atom. The Bertz CT molecular complexity index is 781. The van der Waals surface area contributed by atoms with Gasteiger partial charge in [0.05, 0.1) is 11.4 Å². The molecule has 0 bridgehead atoms. The van der Waals surface area contributed by atoms with Crippen molar-refractivity contribution >= 4 is 22.7 Å². The maximum Gasteiger partial charge on any atom is 0.200 e. The Balaban J connectivity index is 1.51. The van der Waals surface area contributed by atoms with Gasteiger partial charge in [-0.3, -0.25) is 0 Å². The van der Waals surface area contributed by atoms with Crippen molar-refractivity contribution in [3.05, 3.63) is 40.5 Å². The van der Waals surface area contributed by atoms with E-state index in [0.717, 1.165) is 23.4 Å². The van der Waals surface area contributed by atoms with E-state index >= 15 is 0 Å². The lowest BCUT2D eigenvalue weighted by atomic mass is 10.1. The predicted molar refractivity (Wildman–Crippen MR) is 89.8 cm³/mol. The average molecular weight is 329 g/mol. The van der Waals surface area contributed by atoms with Gasteiger partial charge in [-0.15, -0.1) is 21.5 Å². The van der Waals surface area contributed by atoms with Crippen molar-refractivity contribution in [2.75, 3.05) is 18.5 Å². The van der Waals surface area contributed by atoms with Crippen LogP contribution in [-0.4, -0.2) is 38.1 Å². The minimum Gasteiger partial charge on any atom is -0.396 e. The van der Waals surface area contributed by atoms with Crippen molar-refractivity contribution in [1.82, 2.24) is 19.8 Å². The van der Waals surface area contributed by atoms with Gasteiger partial charge in [0.2, 0.25) is 5.65 Å². The Hall–Kier alpha value is -1.99. The highest BCUT2D eigenvalue weighted by atomic mass is 32.1. The van der Waals surface area contributed by atoms with E-state index in [2.05, 4.69) is 38.1 Å². The highest BCUT2D eigenvalue weighted by Gasteiger charge is 2.26. The largest absolute Gasteiger partial charge is 0.396 e. The molecule has 1 aliphatic rings. The topological polar surface area (TPSA) is 75.3 Å². The van der Waals surface area contributed by atoms with Crippen LogP contribution < -0.4 is 5.32 Å². The molecular formula is C16H19N5OS. The number of nitrogens with zero attached hydrogens (tertiary/aromatic N) is 4. The SMILES string of the molecule is OCC(CNc1cc(C2CC2)nn2cnnc12)Cc1cccs1. The number of hydrogen-bond donors (Lipinski definition) is 2. The zero-order chi connectivity index (χ0) is 15.6. The normalized spacial score (nSPS) is 15.9. The summed E-state index contributed by atoms with van der Waals surface area (Å²) < 4.78 is 1.74. The Labute approximate surface area is 138 Å². The Morgan fingerprint density at radius 3 is 3.09 bits per heavy atom. The van der Waals surface area contributed by atoms with E-state index in [1.807, 2.05) is 6.07 Å². The second-order valence-electron chi connectivity index (χ2n) is 6.07. The van der Waals surface area contributed by atoms with Crippen LogP contribution in [0.4, 0.5) is 5.69 Å². The summed E-state index contributed by atoms with van der Waals surface area (Å²) in [6.07, 6.45) is 4.93. The molecule has 1 aliphatic carbocycles. The van der Waals surface area contributed by atoms with Crippen LogP contribution in [0.3, 0.4) is 0 Å². The van der Waals surface area contributed by atoms with Crippen molar-refractivity contribution < 1.29 is 5.11 Å². The van der Waals surface area contributed by atoms with E-state index in [1.165, 1.54) is 17.7 Å². The summed E-state index contributed by atoms with van der Waals surface area (Å²) in [5, 5.41) is 27.8. The predicted octanol–water partition coefficient (Wildman–Crippen LogP) is 2.33. The van der Waals surface area contributed by atoms with Crippen LogP contribution in [0.2, 0.25) is 0 Å². The molecule has 1 atom stereocenters. The first-order valence-electron chi connectivity index (χ1n) is 7.91. The molecule has 0 amide bonds. The molecular weight excluding hydrogens is 310 g/mol. The van der Waals surface area contributed by atoms with Crippen LogP contribution in [0, 0.1) is 5.92 Å². The molecule has 3 heterocycles. The summed E-state index contributed by atoms with van der Waals surface area (Å²) in [6.45, 7) is 0.861. The number of aliphatic hydroxyl groups is 1. The first kappa shape index (κ1) is 14.6. The van der Waals surface area contributed by atoms with Gasteiger partial charge in [-0.05, 0) is 36.8 Å². The van der Waals surface area contributed by atoms with Crippen molar-refractivity contribution in [1.29, 1.82) is 0 Å². The first-order chi connectivity index (χ1) is 11.3. The summed E-state index contributed by atoms with van der Waals surface area (Å²) >= 11 is 1.73. The van der Waals surface area contributed by atoms with Gasteiger partial charge >= 0.3 is 0 Å². The lowest BCUT2D eigenvalue weighted by Gasteiger charge is -2.16. The summed E-state index contributed by atoms with van der Waals surface area (Å²) in [6, 6.07) is 6.25. The van der Waals surface area contributed by atoms with Gasteiger partial charge < -0.3 is 10.4 Å². The molecule has 0 radical (unpaired) electrons. The molecule has 0 spiro atoms. The quantitative estimate of drug-likeness (QED) is 0.696. The van der Waals surface area contributed by atoms with Gasteiger partial charge in [-0.25, -0.2) is 0 Å². The maximum absolute atomic E-state index is 9.65. The number of nitrogens with one attached hydrogen (secondary N) is 1. The molecule has 1 fully saturated rings. The maximum atomic E-state index is 9.65. The van der Waals surface area contributed by atoms with E-state index in [-0.39, 0.29) is 12.5 Å². The third-order valence-corrected chi connectivity index (χ3v) is 5.09. The van der Waals surface area contributed by atoms with Crippen molar-refractivity contribution in [2.24, 2.45) is 5.92 Å². The zero-order valence-electron chi connectivity index (χ0n) is 12.7. The molecule has 4 rings (SSSR count). The fourth-order valence-electron chi connectivity index (χ4n) is 2.72. The molecule has 0 aliphatic heterocycles. The number of aromatic nitrogens is 4. The van der Waals surface area contributed by atoms with Gasteiger partial charge in [0.25, 0.3) is 0 Å². The van der Waals surface area contributed by atoms with Gasteiger partial charge in [-0.2, -0.15) is 9.61 Å². The standard InChI is InChI=1S/C16H19N5OS/c22-9-11(6-13-2-1-5-23-13)8-17-15-7-14(12-3-4-12)20-21-10-18-19-16(15)21/h1-2,5,7,10-12,17,22H,3-4,6,8-9H2. The molecule has 1 saturated carbocycles. The first-order valence-corrected chi connectivity index (χ1v) is 8.79. The molecule has 7 heteroatoms. The molecule has 6 nitrogen and oxygen atoms in total. The lowest BCUT2D eigenvalue weighted by Crippen LogP contribution is -2.20. The minimum atomic E-state index is 0.161. The van der Waals surface area contributed by atoms with E-state index < -0.39 is 0 Å². The third kappa shape index (κ3) is 3.20. The van der Waals surface area contributed by atoms with Gasteiger partial charge in [0.1, 0.15) is 6.33 Å². The van der Waals surface area contributed by atoms with Crippen LogP contribution in [-0.2, 0) is 6.42 Å². The summed E-state index contributed by atoms with van der Waals surface area (Å²) in [5.41, 5.74) is 2.78. The Kier molecular flexibility index (Phi) is 3.97. The number of rotatable bonds is 7.